The van der Waals surface area contributed by atoms with Crippen LogP contribution >= 0.6 is 11.3 Å². The van der Waals surface area contributed by atoms with Crippen LogP contribution in [-0.2, 0) is 6.42 Å². The molecule has 3 aromatic rings. The van der Waals surface area contributed by atoms with E-state index in [1.54, 1.807) is 11.3 Å². The van der Waals surface area contributed by atoms with Gasteiger partial charge in [-0.3, -0.25) is 0 Å². The zero-order chi connectivity index (χ0) is 13.5. The molecule has 0 saturated heterocycles. The summed E-state index contributed by atoms with van der Waals surface area (Å²) in [5, 5.41) is 1.23. The van der Waals surface area contributed by atoms with Gasteiger partial charge in [0.25, 0.3) is 0 Å². The molecule has 3 heteroatoms. The summed E-state index contributed by atoms with van der Waals surface area (Å²) in [6, 6.07) is 14.8. The van der Waals surface area contributed by atoms with Gasteiger partial charge in [0.2, 0.25) is 0 Å². The number of thiazole rings is 1. The van der Waals surface area contributed by atoms with Crippen LogP contribution < -0.4 is 5.73 Å². The van der Waals surface area contributed by atoms with E-state index >= 15 is 0 Å². The van der Waals surface area contributed by atoms with Gasteiger partial charge in [-0.1, -0.05) is 24.3 Å². The third kappa shape index (κ3) is 1.90. The van der Waals surface area contributed by atoms with Crippen molar-refractivity contribution in [2.45, 2.75) is 25.2 Å². The Hall–Kier alpha value is -1.87. The predicted molar refractivity (Wildman–Crippen MR) is 85.3 cm³/mol. The second-order valence-electron chi connectivity index (χ2n) is 5.42. The third-order valence-electron chi connectivity index (χ3n) is 4.10. The molecule has 2 nitrogen and oxygen atoms in total. The maximum Gasteiger partial charge on any atom is 0.101 e. The van der Waals surface area contributed by atoms with Gasteiger partial charge in [0, 0.05) is 11.6 Å². The van der Waals surface area contributed by atoms with Crippen molar-refractivity contribution in [2.24, 2.45) is 0 Å². The third-order valence-corrected chi connectivity index (χ3v) is 5.23. The minimum atomic E-state index is 0.457. The van der Waals surface area contributed by atoms with Crippen molar-refractivity contribution in [3.05, 3.63) is 58.6 Å². The van der Waals surface area contributed by atoms with Gasteiger partial charge in [-0.15, -0.1) is 11.3 Å². The van der Waals surface area contributed by atoms with Crippen LogP contribution in [0.3, 0.4) is 0 Å². The summed E-state index contributed by atoms with van der Waals surface area (Å²) in [6.07, 6.45) is 3.65. The van der Waals surface area contributed by atoms with Gasteiger partial charge in [0.15, 0.2) is 0 Å². The highest BCUT2D eigenvalue weighted by Crippen LogP contribution is 2.39. The van der Waals surface area contributed by atoms with Crippen molar-refractivity contribution < 1.29 is 0 Å². The average Bonchev–Trinajstić information content (AvgIpc) is 2.89. The molecule has 0 aliphatic heterocycles. The molecule has 1 heterocycles. The van der Waals surface area contributed by atoms with Gasteiger partial charge in [0.05, 0.1) is 10.2 Å². The lowest BCUT2D eigenvalue weighted by Gasteiger charge is -2.23. The van der Waals surface area contributed by atoms with Crippen LogP contribution in [-0.4, -0.2) is 4.98 Å². The van der Waals surface area contributed by atoms with Crippen LogP contribution in [0.2, 0.25) is 0 Å². The first kappa shape index (κ1) is 11.9. The van der Waals surface area contributed by atoms with Gasteiger partial charge < -0.3 is 5.73 Å². The molecule has 1 aliphatic rings. The van der Waals surface area contributed by atoms with Crippen molar-refractivity contribution in [3.63, 3.8) is 0 Å². The smallest absolute Gasteiger partial charge is 0.101 e. The van der Waals surface area contributed by atoms with Crippen molar-refractivity contribution in [3.8, 4) is 0 Å². The summed E-state index contributed by atoms with van der Waals surface area (Å²) in [5.41, 5.74) is 10.7. The topological polar surface area (TPSA) is 38.9 Å². The van der Waals surface area contributed by atoms with E-state index in [0.717, 1.165) is 11.2 Å². The quantitative estimate of drug-likeness (QED) is 0.673. The number of nitrogen functional groups attached to an aromatic ring is 1. The summed E-state index contributed by atoms with van der Waals surface area (Å²) >= 11 is 1.79. The van der Waals surface area contributed by atoms with Gasteiger partial charge >= 0.3 is 0 Å². The molecular formula is C17H16N2S. The molecule has 1 aliphatic carbocycles. The highest BCUT2D eigenvalue weighted by Gasteiger charge is 2.24. The predicted octanol–water partition coefficient (Wildman–Crippen LogP) is 4.35. The van der Waals surface area contributed by atoms with Crippen LogP contribution in [0.25, 0.3) is 10.2 Å². The van der Waals surface area contributed by atoms with Crippen LogP contribution in [0, 0.1) is 0 Å². The molecule has 0 amide bonds. The number of fused-ring (bicyclic) bond motifs is 2. The van der Waals surface area contributed by atoms with Crippen molar-refractivity contribution >= 4 is 27.2 Å². The summed E-state index contributed by atoms with van der Waals surface area (Å²) in [5.74, 6) is 0.457. The summed E-state index contributed by atoms with van der Waals surface area (Å²) < 4.78 is 1.20. The minimum absolute atomic E-state index is 0.457. The molecule has 4 rings (SSSR count). The summed E-state index contributed by atoms with van der Waals surface area (Å²) in [6.45, 7) is 0. The van der Waals surface area contributed by atoms with E-state index in [2.05, 4.69) is 24.3 Å². The van der Waals surface area contributed by atoms with Gasteiger partial charge in [-0.25, -0.2) is 4.98 Å². The Labute approximate surface area is 122 Å². The number of nitrogens with zero attached hydrogens (tertiary/aromatic N) is 1. The molecule has 0 saturated carbocycles. The fourth-order valence-electron chi connectivity index (χ4n) is 3.12. The van der Waals surface area contributed by atoms with Crippen molar-refractivity contribution in [1.29, 1.82) is 0 Å². The number of aromatic nitrogens is 1. The van der Waals surface area contributed by atoms with E-state index < -0.39 is 0 Å². The van der Waals surface area contributed by atoms with E-state index in [0.29, 0.717) is 5.92 Å². The second kappa shape index (κ2) is 4.60. The van der Waals surface area contributed by atoms with E-state index in [1.807, 2.05) is 18.2 Å². The fourth-order valence-corrected chi connectivity index (χ4v) is 4.29. The molecular weight excluding hydrogens is 264 g/mol. The number of rotatable bonds is 1. The zero-order valence-corrected chi connectivity index (χ0v) is 12.0. The molecule has 1 unspecified atom stereocenters. The molecule has 100 valence electrons. The Balaban J connectivity index is 1.84. The first-order valence-electron chi connectivity index (χ1n) is 7.05. The first-order chi connectivity index (χ1) is 9.81. The van der Waals surface area contributed by atoms with E-state index in [4.69, 9.17) is 10.7 Å². The molecule has 0 spiro atoms. The van der Waals surface area contributed by atoms with Crippen molar-refractivity contribution in [1.82, 2.24) is 4.98 Å². The molecule has 0 radical (unpaired) electrons. The van der Waals surface area contributed by atoms with Gasteiger partial charge in [-0.2, -0.15) is 0 Å². The zero-order valence-electron chi connectivity index (χ0n) is 11.2. The van der Waals surface area contributed by atoms with Gasteiger partial charge in [-0.05, 0) is 48.6 Å². The Kier molecular flexibility index (Phi) is 2.74. The molecule has 2 aromatic carbocycles. The fraction of sp³-hybridized carbons (Fsp3) is 0.235. The van der Waals surface area contributed by atoms with Crippen LogP contribution in [0.4, 0.5) is 5.69 Å². The standard InChI is InChI=1S/C17H16N2S/c18-12-8-9-15-16(10-12)20-17(19-15)14-7-3-5-11-4-1-2-6-13(11)14/h1-2,4,6,8-10,14H,3,5,7,18H2. The maximum atomic E-state index is 5.87. The normalized spacial score (nSPS) is 18.1. The monoisotopic (exact) mass is 280 g/mol. The van der Waals surface area contributed by atoms with Gasteiger partial charge in [0.1, 0.15) is 5.01 Å². The molecule has 20 heavy (non-hydrogen) atoms. The second-order valence-corrected chi connectivity index (χ2v) is 6.49. The summed E-state index contributed by atoms with van der Waals surface area (Å²) in [4.78, 5) is 4.84. The van der Waals surface area contributed by atoms with Crippen LogP contribution in [0.15, 0.2) is 42.5 Å². The molecule has 0 bridgehead atoms. The Morgan fingerprint density at radius 3 is 3.00 bits per heavy atom. The number of hydrogen-bond donors (Lipinski definition) is 1. The number of anilines is 1. The number of hydrogen-bond acceptors (Lipinski definition) is 3. The Morgan fingerprint density at radius 1 is 1.15 bits per heavy atom. The first-order valence-corrected chi connectivity index (χ1v) is 7.87. The highest BCUT2D eigenvalue weighted by atomic mass is 32.1. The lowest BCUT2D eigenvalue weighted by molar-refractivity contribution is 0.614. The Bertz CT molecular complexity index is 776. The lowest BCUT2D eigenvalue weighted by atomic mass is 9.83. The minimum Gasteiger partial charge on any atom is -0.399 e. The Morgan fingerprint density at radius 2 is 2.05 bits per heavy atom. The van der Waals surface area contributed by atoms with Crippen LogP contribution in [0.1, 0.15) is 34.9 Å². The van der Waals surface area contributed by atoms with Crippen molar-refractivity contribution in [2.75, 3.05) is 5.73 Å². The SMILES string of the molecule is Nc1ccc2nc(C3CCCc4ccccc43)sc2c1. The maximum absolute atomic E-state index is 5.87. The number of aryl methyl sites for hydroxylation is 1. The number of nitrogens with two attached hydrogens (primary N) is 1. The van der Waals surface area contributed by atoms with E-state index in [1.165, 1.54) is 40.1 Å². The van der Waals surface area contributed by atoms with E-state index in [-0.39, 0.29) is 0 Å². The molecule has 1 aromatic heterocycles. The average molecular weight is 280 g/mol. The number of benzene rings is 2. The van der Waals surface area contributed by atoms with E-state index in [9.17, 15) is 0 Å². The molecule has 2 N–H and O–H groups in total. The molecule has 0 fully saturated rings. The summed E-state index contributed by atoms with van der Waals surface area (Å²) in [7, 11) is 0. The highest BCUT2D eigenvalue weighted by molar-refractivity contribution is 7.18. The largest absolute Gasteiger partial charge is 0.399 e. The lowest BCUT2D eigenvalue weighted by Crippen LogP contribution is -2.10. The molecule has 1 atom stereocenters. The van der Waals surface area contributed by atoms with Crippen LogP contribution in [0.5, 0.6) is 0 Å².